The van der Waals surface area contributed by atoms with Gasteiger partial charge in [-0.05, 0) is 37.5 Å². The molecule has 0 unspecified atom stereocenters. The normalized spacial score (nSPS) is 10.5. The highest BCUT2D eigenvalue weighted by molar-refractivity contribution is 5.92. The van der Waals surface area contributed by atoms with Gasteiger partial charge in [0.25, 0.3) is 5.91 Å². The molecule has 1 amide bonds. The highest BCUT2D eigenvalue weighted by Gasteiger charge is 2.15. The van der Waals surface area contributed by atoms with Gasteiger partial charge < -0.3 is 19.7 Å². The molecule has 0 atom stereocenters. The maximum absolute atomic E-state index is 12.6. The minimum absolute atomic E-state index is 0.0816. The zero-order valence-corrected chi connectivity index (χ0v) is 17.4. The number of hydrogen-bond donors (Lipinski definition) is 1. The predicted molar refractivity (Wildman–Crippen MR) is 110 cm³/mol. The first kappa shape index (κ1) is 21.5. The fourth-order valence-electron chi connectivity index (χ4n) is 2.83. The van der Waals surface area contributed by atoms with E-state index in [1.807, 2.05) is 18.2 Å². The van der Waals surface area contributed by atoms with Crippen molar-refractivity contribution in [3.8, 4) is 11.5 Å². The van der Waals surface area contributed by atoms with E-state index in [2.05, 4.69) is 22.2 Å². The zero-order valence-electron chi connectivity index (χ0n) is 17.4. The Balaban J connectivity index is 2.01. The topological polar surface area (TPSA) is 76.6 Å². The lowest BCUT2D eigenvalue weighted by Crippen LogP contribution is -2.29. The highest BCUT2D eigenvalue weighted by atomic mass is 16.5. The quantitative estimate of drug-likeness (QED) is 0.675. The number of nitrogens with zero attached hydrogens (tertiary/aromatic N) is 3. The van der Waals surface area contributed by atoms with Gasteiger partial charge in [0.05, 0.1) is 14.2 Å². The molecule has 0 bridgehead atoms. The van der Waals surface area contributed by atoms with E-state index in [1.54, 1.807) is 39.2 Å². The lowest BCUT2D eigenvalue weighted by Gasteiger charge is -2.17. The average Bonchev–Trinajstić information content (AvgIpc) is 2.70. The molecule has 0 aliphatic rings. The zero-order chi connectivity index (χ0) is 20.5. The van der Waals surface area contributed by atoms with Crippen LogP contribution in [0.1, 0.15) is 41.6 Å². The molecule has 1 aromatic carbocycles. The van der Waals surface area contributed by atoms with Crippen LogP contribution >= 0.6 is 0 Å². The minimum atomic E-state index is -0.0816. The van der Waals surface area contributed by atoms with Crippen molar-refractivity contribution in [2.75, 3.05) is 39.7 Å². The number of aryl methyl sites for hydroxylation is 1. The molecular weight excluding hydrogens is 356 g/mol. The Hall–Kier alpha value is -2.83. The van der Waals surface area contributed by atoms with E-state index < -0.39 is 0 Å². The van der Waals surface area contributed by atoms with Crippen LogP contribution < -0.4 is 14.8 Å². The molecule has 0 aliphatic carbocycles. The van der Waals surface area contributed by atoms with Gasteiger partial charge in [0.1, 0.15) is 17.3 Å². The molecule has 7 nitrogen and oxygen atoms in total. The van der Waals surface area contributed by atoms with Gasteiger partial charge in [-0.2, -0.15) is 0 Å². The number of nitrogens with one attached hydrogen (secondary N) is 1. The van der Waals surface area contributed by atoms with Crippen molar-refractivity contribution in [3.63, 3.8) is 0 Å². The molecule has 0 spiro atoms. The average molecular weight is 386 g/mol. The Morgan fingerprint density at radius 1 is 1.14 bits per heavy atom. The number of benzene rings is 1. The van der Waals surface area contributed by atoms with Crippen LogP contribution in [0.2, 0.25) is 0 Å². The van der Waals surface area contributed by atoms with Crippen molar-refractivity contribution in [1.29, 1.82) is 0 Å². The molecule has 152 valence electrons. The Kier molecular flexibility index (Phi) is 8.04. The summed E-state index contributed by atoms with van der Waals surface area (Å²) in [5, 5.41) is 3.28. The van der Waals surface area contributed by atoms with E-state index in [-0.39, 0.29) is 5.91 Å². The molecule has 2 aromatic rings. The minimum Gasteiger partial charge on any atom is -0.493 e. The standard InChI is InChI=1S/C21H30N4O3/c1-6-7-12-25(3)21(26)17-14-20(24-15(2)23-17)22-11-10-16-8-9-18(27-4)19(13-16)28-5/h8-9,13-14H,6-7,10-12H2,1-5H3,(H,22,23,24). The molecule has 1 N–H and O–H groups in total. The van der Waals surface area contributed by atoms with Gasteiger partial charge in [-0.25, -0.2) is 9.97 Å². The van der Waals surface area contributed by atoms with E-state index >= 15 is 0 Å². The largest absolute Gasteiger partial charge is 0.493 e. The van der Waals surface area contributed by atoms with Crippen LogP contribution in [0, 0.1) is 6.92 Å². The molecule has 1 heterocycles. The van der Waals surface area contributed by atoms with Crippen LogP contribution in [0.5, 0.6) is 11.5 Å². The number of rotatable bonds is 10. The van der Waals surface area contributed by atoms with Gasteiger partial charge in [-0.1, -0.05) is 19.4 Å². The summed E-state index contributed by atoms with van der Waals surface area (Å²) < 4.78 is 10.6. The molecule has 0 aliphatic heterocycles. The van der Waals surface area contributed by atoms with Crippen molar-refractivity contribution in [3.05, 3.63) is 41.3 Å². The van der Waals surface area contributed by atoms with Crippen LogP contribution in [0.25, 0.3) is 0 Å². The first-order valence-electron chi connectivity index (χ1n) is 9.54. The first-order valence-corrected chi connectivity index (χ1v) is 9.54. The van der Waals surface area contributed by atoms with Crippen molar-refractivity contribution >= 4 is 11.7 Å². The number of hydrogen-bond acceptors (Lipinski definition) is 6. The fourth-order valence-corrected chi connectivity index (χ4v) is 2.83. The molecule has 0 fully saturated rings. The maximum Gasteiger partial charge on any atom is 0.272 e. The smallest absolute Gasteiger partial charge is 0.272 e. The van der Waals surface area contributed by atoms with Gasteiger partial charge in [0.2, 0.25) is 0 Å². The molecule has 2 rings (SSSR count). The third-order valence-electron chi connectivity index (χ3n) is 4.42. The molecule has 0 radical (unpaired) electrons. The molecule has 28 heavy (non-hydrogen) atoms. The number of carbonyl (C=O) groups is 1. The van der Waals surface area contributed by atoms with E-state index in [4.69, 9.17) is 9.47 Å². The number of ether oxygens (including phenoxy) is 2. The van der Waals surface area contributed by atoms with Crippen LogP contribution in [0.15, 0.2) is 24.3 Å². The third-order valence-corrected chi connectivity index (χ3v) is 4.42. The second kappa shape index (κ2) is 10.5. The summed E-state index contributed by atoms with van der Waals surface area (Å²) in [5.41, 5.74) is 1.53. The Morgan fingerprint density at radius 3 is 2.57 bits per heavy atom. The van der Waals surface area contributed by atoms with Gasteiger partial charge in [0.15, 0.2) is 11.5 Å². The number of aromatic nitrogens is 2. The van der Waals surface area contributed by atoms with Crippen LogP contribution in [-0.4, -0.2) is 55.1 Å². The number of amides is 1. The van der Waals surface area contributed by atoms with Crippen LogP contribution in [-0.2, 0) is 6.42 Å². The van der Waals surface area contributed by atoms with Crippen LogP contribution in [0.3, 0.4) is 0 Å². The summed E-state index contributed by atoms with van der Waals surface area (Å²) in [4.78, 5) is 23.0. The summed E-state index contributed by atoms with van der Waals surface area (Å²) in [6, 6.07) is 7.58. The SMILES string of the molecule is CCCCN(C)C(=O)c1cc(NCCc2ccc(OC)c(OC)c2)nc(C)n1. The van der Waals surface area contributed by atoms with E-state index in [0.29, 0.717) is 35.4 Å². The Labute approximate surface area is 167 Å². The van der Waals surface area contributed by atoms with Gasteiger partial charge in [-0.15, -0.1) is 0 Å². The Morgan fingerprint density at radius 2 is 1.89 bits per heavy atom. The third kappa shape index (κ3) is 5.84. The van der Waals surface area contributed by atoms with E-state index in [1.165, 1.54) is 0 Å². The van der Waals surface area contributed by atoms with Crippen molar-refractivity contribution < 1.29 is 14.3 Å². The molecule has 1 aromatic heterocycles. The number of unbranched alkanes of at least 4 members (excludes halogenated alkanes) is 1. The summed E-state index contributed by atoms with van der Waals surface area (Å²) >= 11 is 0. The van der Waals surface area contributed by atoms with E-state index in [0.717, 1.165) is 31.4 Å². The Bertz CT molecular complexity index is 795. The lowest BCUT2D eigenvalue weighted by molar-refractivity contribution is 0.0787. The number of methoxy groups -OCH3 is 2. The molecular formula is C21H30N4O3. The summed E-state index contributed by atoms with van der Waals surface area (Å²) in [6.07, 6.45) is 2.80. The van der Waals surface area contributed by atoms with Gasteiger partial charge in [-0.3, -0.25) is 4.79 Å². The molecule has 0 saturated heterocycles. The monoisotopic (exact) mass is 386 g/mol. The summed E-state index contributed by atoms with van der Waals surface area (Å²) in [6.45, 7) is 5.29. The van der Waals surface area contributed by atoms with Crippen molar-refractivity contribution in [2.24, 2.45) is 0 Å². The number of carbonyl (C=O) groups excluding carboxylic acids is 1. The first-order chi connectivity index (χ1) is 13.5. The van der Waals surface area contributed by atoms with Gasteiger partial charge >= 0.3 is 0 Å². The van der Waals surface area contributed by atoms with E-state index in [9.17, 15) is 4.79 Å². The summed E-state index contributed by atoms with van der Waals surface area (Å²) in [7, 11) is 5.05. The molecule has 0 saturated carbocycles. The van der Waals surface area contributed by atoms with Gasteiger partial charge in [0, 0.05) is 26.2 Å². The second-order valence-electron chi connectivity index (χ2n) is 6.63. The fraction of sp³-hybridized carbons (Fsp3) is 0.476. The second-order valence-corrected chi connectivity index (χ2v) is 6.63. The summed E-state index contributed by atoms with van der Waals surface area (Å²) in [5.74, 6) is 2.56. The highest BCUT2D eigenvalue weighted by Crippen LogP contribution is 2.27. The lowest BCUT2D eigenvalue weighted by atomic mass is 10.1. The van der Waals surface area contributed by atoms with Crippen molar-refractivity contribution in [2.45, 2.75) is 33.1 Å². The van der Waals surface area contributed by atoms with Crippen LogP contribution in [0.4, 0.5) is 5.82 Å². The predicted octanol–water partition coefficient (Wildman–Crippen LogP) is 3.33. The number of anilines is 1. The van der Waals surface area contributed by atoms with Crippen molar-refractivity contribution in [1.82, 2.24) is 14.9 Å². The maximum atomic E-state index is 12.6. The molecule has 7 heteroatoms.